The standard InChI is InChI=1S/C16H20N4O3/c1-12(22)13-4-3-5-14(10-13)18-16(23)20(8-9-21)11-15-17-6-7-19(15)2/h3-7,10,21H,8-9,11H2,1-2H3,(H,18,23). The molecule has 2 N–H and O–H groups in total. The van der Waals surface area contributed by atoms with E-state index in [4.69, 9.17) is 0 Å². The number of hydrogen-bond donors (Lipinski definition) is 2. The van der Waals surface area contributed by atoms with E-state index in [0.29, 0.717) is 17.1 Å². The Bertz CT molecular complexity index is 696. The van der Waals surface area contributed by atoms with E-state index in [1.54, 1.807) is 36.7 Å². The van der Waals surface area contributed by atoms with Gasteiger partial charge in [-0.15, -0.1) is 0 Å². The normalized spacial score (nSPS) is 10.4. The number of carbonyl (C=O) groups is 2. The van der Waals surface area contributed by atoms with E-state index < -0.39 is 0 Å². The lowest BCUT2D eigenvalue weighted by molar-refractivity contribution is 0.101. The molecule has 1 aromatic carbocycles. The number of carbonyl (C=O) groups excluding carboxylic acids is 2. The molecule has 7 heteroatoms. The Balaban J connectivity index is 2.10. The summed E-state index contributed by atoms with van der Waals surface area (Å²) in [6, 6.07) is 6.38. The molecule has 122 valence electrons. The van der Waals surface area contributed by atoms with E-state index >= 15 is 0 Å². The third kappa shape index (κ3) is 4.40. The molecule has 0 saturated carbocycles. The molecule has 1 aromatic heterocycles. The average molecular weight is 316 g/mol. The number of anilines is 1. The molecule has 0 aliphatic rings. The van der Waals surface area contributed by atoms with Gasteiger partial charge in [0.15, 0.2) is 5.78 Å². The number of aliphatic hydroxyl groups is 1. The molecule has 2 rings (SSSR count). The molecule has 23 heavy (non-hydrogen) atoms. The van der Waals surface area contributed by atoms with Crippen molar-refractivity contribution in [2.45, 2.75) is 13.5 Å². The monoisotopic (exact) mass is 316 g/mol. The smallest absolute Gasteiger partial charge is 0.322 e. The van der Waals surface area contributed by atoms with Gasteiger partial charge in [-0.25, -0.2) is 9.78 Å². The van der Waals surface area contributed by atoms with Crippen LogP contribution in [-0.2, 0) is 13.6 Å². The number of amides is 2. The number of ketones is 1. The Morgan fingerprint density at radius 2 is 2.17 bits per heavy atom. The van der Waals surface area contributed by atoms with Crippen LogP contribution in [0.5, 0.6) is 0 Å². The van der Waals surface area contributed by atoms with Crippen LogP contribution in [0.2, 0.25) is 0 Å². The van der Waals surface area contributed by atoms with Gasteiger partial charge in [0.2, 0.25) is 0 Å². The van der Waals surface area contributed by atoms with Gasteiger partial charge in [-0.2, -0.15) is 0 Å². The number of rotatable bonds is 6. The number of Topliss-reactive ketones (excluding diaryl/α,β-unsaturated/α-hetero) is 1. The average Bonchev–Trinajstić information content (AvgIpc) is 2.92. The van der Waals surface area contributed by atoms with Crippen molar-refractivity contribution in [2.24, 2.45) is 7.05 Å². The second kappa shape index (κ2) is 7.55. The summed E-state index contributed by atoms with van der Waals surface area (Å²) in [6.07, 6.45) is 3.45. The van der Waals surface area contributed by atoms with Crippen LogP contribution >= 0.6 is 0 Å². The van der Waals surface area contributed by atoms with Crippen LogP contribution in [0, 0.1) is 0 Å². The van der Waals surface area contributed by atoms with Crippen LogP contribution in [-0.4, -0.2) is 44.5 Å². The molecule has 0 aliphatic carbocycles. The van der Waals surface area contributed by atoms with E-state index in [9.17, 15) is 14.7 Å². The molecular weight excluding hydrogens is 296 g/mol. The summed E-state index contributed by atoms with van der Waals surface area (Å²) in [7, 11) is 1.84. The van der Waals surface area contributed by atoms with Gasteiger partial charge < -0.3 is 19.9 Å². The first-order valence-electron chi connectivity index (χ1n) is 7.25. The first-order chi connectivity index (χ1) is 11.0. The van der Waals surface area contributed by atoms with Crippen LogP contribution in [0.4, 0.5) is 10.5 Å². The Morgan fingerprint density at radius 3 is 2.78 bits per heavy atom. The summed E-state index contributed by atoms with van der Waals surface area (Å²) in [5, 5.41) is 11.9. The topological polar surface area (TPSA) is 87.5 Å². The molecule has 0 saturated heterocycles. The maximum absolute atomic E-state index is 12.4. The second-order valence-electron chi connectivity index (χ2n) is 5.17. The number of urea groups is 1. The van der Waals surface area contributed by atoms with Crippen molar-refractivity contribution in [2.75, 3.05) is 18.5 Å². The maximum atomic E-state index is 12.4. The van der Waals surface area contributed by atoms with Gasteiger partial charge in [-0.1, -0.05) is 12.1 Å². The number of aryl methyl sites for hydroxylation is 1. The Hall–Kier alpha value is -2.67. The molecule has 0 fully saturated rings. The lowest BCUT2D eigenvalue weighted by atomic mass is 10.1. The van der Waals surface area contributed by atoms with Crippen LogP contribution in [0.15, 0.2) is 36.7 Å². The van der Waals surface area contributed by atoms with E-state index in [0.717, 1.165) is 0 Å². The quantitative estimate of drug-likeness (QED) is 0.793. The number of aromatic nitrogens is 2. The highest BCUT2D eigenvalue weighted by Crippen LogP contribution is 2.13. The zero-order chi connectivity index (χ0) is 16.8. The van der Waals surface area contributed by atoms with Gasteiger partial charge in [-0.3, -0.25) is 4.79 Å². The Labute approximate surface area is 134 Å². The molecule has 0 unspecified atom stereocenters. The number of nitrogens with zero attached hydrogens (tertiary/aromatic N) is 3. The third-order valence-electron chi connectivity index (χ3n) is 3.43. The van der Waals surface area contributed by atoms with Crippen molar-refractivity contribution in [3.63, 3.8) is 0 Å². The van der Waals surface area contributed by atoms with Crippen molar-refractivity contribution in [1.82, 2.24) is 14.5 Å². The lowest BCUT2D eigenvalue weighted by Gasteiger charge is -2.22. The van der Waals surface area contributed by atoms with Gasteiger partial charge in [-0.05, 0) is 19.1 Å². The predicted octanol–water partition coefficient (Wildman–Crippen LogP) is 1.65. The van der Waals surface area contributed by atoms with Crippen molar-refractivity contribution in [1.29, 1.82) is 0 Å². The molecule has 0 atom stereocenters. The summed E-state index contributed by atoms with van der Waals surface area (Å²) < 4.78 is 1.81. The van der Waals surface area contributed by atoms with Gasteiger partial charge in [0.1, 0.15) is 5.82 Å². The van der Waals surface area contributed by atoms with Gasteiger partial charge >= 0.3 is 6.03 Å². The van der Waals surface area contributed by atoms with Crippen molar-refractivity contribution in [3.05, 3.63) is 48.0 Å². The van der Waals surface area contributed by atoms with Gasteiger partial charge in [0, 0.05) is 37.2 Å². The Kier molecular flexibility index (Phi) is 5.48. The number of aliphatic hydroxyl groups excluding tert-OH is 1. The summed E-state index contributed by atoms with van der Waals surface area (Å²) in [5.41, 5.74) is 1.06. The molecule has 7 nitrogen and oxygen atoms in total. The zero-order valence-corrected chi connectivity index (χ0v) is 13.2. The van der Waals surface area contributed by atoms with Crippen LogP contribution in [0.25, 0.3) is 0 Å². The highest BCUT2D eigenvalue weighted by molar-refractivity contribution is 5.96. The van der Waals surface area contributed by atoms with Gasteiger partial charge in [0.25, 0.3) is 0 Å². The number of nitrogens with one attached hydrogen (secondary N) is 1. The minimum absolute atomic E-state index is 0.0682. The third-order valence-corrected chi connectivity index (χ3v) is 3.43. The molecule has 2 aromatic rings. The summed E-state index contributed by atoms with van der Waals surface area (Å²) >= 11 is 0. The SMILES string of the molecule is CC(=O)c1cccc(NC(=O)N(CCO)Cc2nccn2C)c1. The first-order valence-corrected chi connectivity index (χ1v) is 7.25. The summed E-state index contributed by atoms with van der Waals surface area (Å²) in [5.74, 6) is 0.646. The van der Waals surface area contributed by atoms with Crippen molar-refractivity contribution in [3.8, 4) is 0 Å². The molecule has 0 aliphatic heterocycles. The molecule has 2 amide bonds. The number of benzene rings is 1. The Morgan fingerprint density at radius 1 is 1.39 bits per heavy atom. The molecular formula is C16H20N4O3. The minimum atomic E-state index is -0.359. The highest BCUT2D eigenvalue weighted by Gasteiger charge is 2.16. The van der Waals surface area contributed by atoms with Gasteiger partial charge in [0.05, 0.1) is 13.2 Å². The fourth-order valence-electron chi connectivity index (χ4n) is 2.11. The summed E-state index contributed by atoms with van der Waals surface area (Å²) in [4.78, 5) is 29.4. The second-order valence-corrected chi connectivity index (χ2v) is 5.17. The fraction of sp³-hybridized carbons (Fsp3) is 0.312. The predicted molar refractivity (Wildman–Crippen MR) is 86.2 cm³/mol. The molecule has 0 spiro atoms. The van der Waals surface area contributed by atoms with Crippen molar-refractivity contribution >= 4 is 17.5 Å². The first kappa shape index (κ1) is 16.7. The zero-order valence-electron chi connectivity index (χ0n) is 13.2. The summed E-state index contributed by atoms with van der Waals surface area (Å²) in [6.45, 7) is 1.79. The largest absolute Gasteiger partial charge is 0.395 e. The van der Waals surface area contributed by atoms with E-state index in [1.807, 2.05) is 11.6 Å². The lowest BCUT2D eigenvalue weighted by Crippen LogP contribution is -2.37. The molecule has 0 radical (unpaired) electrons. The fourth-order valence-corrected chi connectivity index (χ4v) is 2.11. The van der Waals surface area contributed by atoms with Crippen LogP contribution in [0.1, 0.15) is 23.1 Å². The molecule has 1 heterocycles. The van der Waals surface area contributed by atoms with Crippen molar-refractivity contribution < 1.29 is 14.7 Å². The molecule has 0 bridgehead atoms. The number of imidazole rings is 1. The van der Waals surface area contributed by atoms with E-state index in [1.165, 1.54) is 11.8 Å². The van der Waals surface area contributed by atoms with Crippen LogP contribution in [0.3, 0.4) is 0 Å². The highest BCUT2D eigenvalue weighted by atomic mass is 16.3. The number of hydrogen-bond acceptors (Lipinski definition) is 4. The van der Waals surface area contributed by atoms with E-state index in [2.05, 4.69) is 10.3 Å². The van der Waals surface area contributed by atoms with E-state index in [-0.39, 0.29) is 31.5 Å². The minimum Gasteiger partial charge on any atom is -0.395 e. The maximum Gasteiger partial charge on any atom is 0.322 e. The van der Waals surface area contributed by atoms with Crippen LogP contribution < -0.4 is 5.32 Å².